The zero-order chi connectivity index (χ0) is 13.8. The summed E-state index contributed by atoms with van der Waals surface area (Å²) in [6, 6.07) is 0. The molecule has 0 aliphatic heterocycles. The van der Waals surface area contributed by atoms with Gasteiger partial charge in [0, 0.05) is 6.54 Å². The number of hydrogen-bond acceptors (Lipinski definition) is 3. The van der Waals surface area contributed by atoms with Crippen LogP contribution in [0.4, 0.5) is 0 Å². The first-order valence-electron chi connectivity index (χ1n) is 7.48. The van der Waals surface area contributed by atoms with Crippen molar-refractivity contribution in [2.45, 2.75) is 58.6 Å². The highest BCUT2D eigenvalue weighted by molar-refractivity contribution is 5.28. The van der Waals surface area contributed by atoms with Crippen molar-refractivity contribution >= 4 is 0 Å². The van der Waals surface area contributed by atoms with E-state index in [-0.39, 0.29) is 0 Å². The highest BCUT2D eigenvalue weighted by Crippen LogP contribution is 2.42. The fraction of sp³-hybridized carbons (Fsp3) is 0.800. The topological polar surface area (TPSA) is 47.3 Å². The van der Waals surface area contributed by atoms with Gasteiger partial charge in [0.25, 0.3) is 0 Å². The molecule has 1 aromatic heterocycles. The summed E-state index contributed by atoms with van der Waals surface area (Å²) >= 11 is 0. The fourth-order valence-corrected chi connectivity index (χ4v) is 3.22. The van der Waals surface area contributed by atoms with Crippen LogP contribution in [0.5, 0.6) is 5.75 Å². The predicted molar refractivity (Wildman–Crippen MR) is 75.2 cm³/mol. The number of hydrogen-bond donors (Lipinski definition) is 1. The molecule has 0 aromatic carbocycles. The number of aliphatic hydroxyl groups is 1. The summed E-state index contributed by atoms with van der Waals surface area (Å²) in [7, 11) is 1.65. The monoisotopic (exact) mass is 266 g/mol. The van der Waals surface area contributed by atoms with E-state index >= 15 is 0 Å². The van der Waals surface area contributed by atoms with Crippen molar-refractivity contribution in [1.29, 1.82) is 0 Å². The largest absolute Gasteiger partial charge is 0.493 e. The Balaban J connectivity index is 2.17. The first kappa shape index (κ1) is 14.4. The van der Waals surface area contributed by atoms with Crippen LogP contribution >= 0.6 is 0 Å². The van der Waals surface area contributed by atoms with Gasteiger partial charge >= 0.3 is 0 Å². The Kier molecular flexibility index (Phi) is 4.86. The molecule has 19 heavy (non-hydrogen) atoms. The second kappa shape index (κ2) is 6.42. The van der Waals surface area contributed by atoms with Gasteiger partial charge in [-0.15, -0.1) is 0 Å². The molecule has 0 spiro atoms. The van der Waals surface area contributed by atoms with Crippen molar-refractivity contribution in [3.63, 3.8) is 0 Å². The Hall–Kier alpha value is -1.03. The molecule has 1 aliphatic rings. The molecule has 0 amide bonds. The van der Waals surface area contributed by atoms with Crippen LogP contribution in [-0.4, -0.2) is 22.0 Å². The molecule has 4 heteroatoms. The summed E-state index contributed by atoms with van der Waals surface area (Å²) in [6.07, 6.45) is 6.98. The number of aryl methyl sites for hydroxylation is 1. The minimum atomic E-state index is -0.444. The summed E-state index contributed by atoms with van der Waals surface area (Å²) < 4.78 is 7.27. The number of ether oxygens (including phenoxy) is 1. The fourth-order valence-electron chi connectivity index (χ4n) is 3.22. The van der Waals surface area contributed by atoms with Crippen LogP contribution in [0.1, 0.15) is 57.7 Å². The van der Waals surface area contributed by atoms with Crippen LogP contribution in [0, 0.1) is 11.8 Å². The van der Waals surface area contributed by atoms with Crippen molar-refractivity contribution in [3.05, 3.63) is 11.9 Å². The molecule has 3 unspecified atom stereocenters. The lowest BCUT2D eigenvalue weighted by atomic mass is 9.95. The first-order chi connectivity index (χ1) is 9.21. The molecule has 108 valence electrons. The Morgan fingerprint density at radius 1 is 1.47 bits per heavy atom. The van der Waals surface area contributed by atoms with Crippen molar-refractivity contribution in [3.8, 4) is 5.75 Å². The summed E-state index contributed by atoms with van der Waals surface area (Å²) in [6.45, 7) is 5.19. The Morgan fingerprint density at radius 2 is 2.26 bits per heavy atom. The predicted octanol–water partition coefficient (Wildman–Crippen LogP) is 3.16. The van der Waals surface area contributed by atoms with E-state index in [1.807, 2.05) is 4.68 Å². The minimum absolute atomic E-state index is 0.353. The minimum Gasteiger partial charge on any atom is -0.493 e. The van der Waals surface area contributed by atoms with E-state index in [4.69, 9.17) is 4.74 Å². The molecule has 1 aliphatic carbocycles. The maximum absolute atomic E-state index is 10.7. The molecule has 1 heterocycles. The van der Waals surface area contributed by atoms with Crippen LogP contribution in [-0.2, 0) is 6.54 Å². The van der Waals surface area contributed by atoms with Gasteiger partial charge in [0.05, 0.1) is 13.3 Å². The molecule has 3 atom stereocenters. The van der Waals surface area contributed by atoms with E-state index < -0.39 is 6.10 Å². The van der Waals surface area contributed by atoms with Gasteiger partial charge in [0.15, 0.2) is 5.75 Å². The lowest BCUT2D eigenvalue weighted by molar-refractivity contribution is 0.0965. The van der Waals surface area contributed by atoms with E-state index in [0.29, 0.717) is 5.92 Å². The zero-order valence-electron chi connectivity index (χ0n) is 12.3. The Morgan fingerprint density at radius 3 is 2.84 bits per heavy atom. The van der Waals surface area contributed by atoms with Gasteiger partial charge in [-0.25, -0.2) is 0 Å². The lowest BCUT2D eigenvalue weighted by Gasteiger charge is -2.20. The molecule has 1 fully saturated rings. The molecule has 0 saturated heterocycles. The Bertz CT molecular complexity index is 403. The van der Waals surface area contributed by atoms with E-state index in [1.165, 1.54) is 12.8 Å². The average Bonchev–Trinajstić information content (AvgIpc) is 3.04. The van der Waals surface area contributed by atoms with Gasteiger partial charge < -0.3 is 9.84 Å². The van der Waals surface area contributed by atoms with Crippen molar-refractivity contribution in [2.24, 2.45) is 11.8 Å². The summed E-state index contributed by atoms with van der Waals surface area (Å²) in [5, 5.41) is 15.0. The van der Waals surface area contributed by atoms with E-state index in [1.54, 1.807) is 13.3 Å². The number of aromatic nitrogens is 2. The smallest absolute Gasteiger partial charge is 0.162 e. The lowest BCUT2D eigenvalue weighted by Crippen LogP contribution is -2.16. The molecular formula is C15H26N2O2. The molecule has 1 aromatic rings. The molecular weight excluding hydrogens is 240 g/mol. The highest BCUT2D eigenvalue weighted by atomic mass is 16.5. The first-order valence-corrected chi connectivity index (χ1v) is 7.48. The maximum Gasteiger partial charge on any atom is 0.162 e. The van der Waals surface area contributed by atoms with Crippen LogP contribution in [0.2, 0.25) is 0 Å². The summed E-state index contributed by atoms with van der Waals surface area (Å²) in [4.78, 5) is 0. The molecule has 1 saturated carbocycles. The third-order valence-corrected chi connectivity index (χ3v) is 4.39. The van der Waals surface area contributed by atoms with Crippen LogP contribution in [0.25, 0.3) is 0 Å². The van der Waals surface area contributed by atoms with Crippen LogP contribution in [0.3, 0.4) is 0 Å². The van der Waals surface area contributed by atoms with E-state index in [2.05, 4.69) is 18.9 Å². The van der Waals surface area contributed by atoms with Gasteiger partial charge in [-0.2, -0.15) is 5.10 Å². The normalized spacial score (nSPS) is 24.6. The van der Waals surface area contributed by atoms with Gasteiger partial charge in [0.2, 0.25) is 0 Å². The third-order valence-electron chi connectivity index (χ3n) is 4.39. The molecule has 0 radical (unpaired) electrons. The van der Waals surface area contributed by atoms with Gasteiger partial charge in [-0.3, -0.25) is 4.68 Å². The van der Waals surface area contributed by atoms with Crippen LogP contribution in [0.15, 0.2) is 6.20 Å². The summed E-state index contributed by atoms with van der Waals surface area (Å²) in [5.41, 5.74) is 0.867. The van der Waals surface area contributed by atoms with Gasteiger partial charge in [0.1, 0.15) is 11.8 Å². The van der Waals surface area contributed by atoms with Gasteiger partial charge in [-0.05, 0) is 31.1 Å². The SMILES string of the molecule is CCCn1ncc(OC)c1C(O)C1CCC(CC)C1. The van der Waals surface area contributed by atoms with E-state index in [0.717, 1.165) is 43.2 Å². The number of nitrogens with zero attached hydrogens (tertiary/aromatic N) is 2. The quantitative estimate of drug-likeness (QED) is 0.860. The Labute approximate surface area is 115 Å². The third kappa shape index (κ3) is 2.94. The maximum atomic E-state index is 10.7. The van der Waals surface area contributed by atoms with Crippen molar-refractivity contribution in [2.75, 3.05) is 7.11 Å². The summed E-state index contributed by atoms with van der Waals surface area (Å²) in [5.74, 6) is 1.85. The standard InChI is InChI=1S/C15H26N2O2/c1-4-8-17-14(13(19-3)10-16-17)15(18)12-7-6-11(5-2)9-12/h10-12,15,18H,4-9H2,1-3H3. The van der Waals surface area contributed by atoms with Crippen LogP contribution < -0.4 is 4.74 Å². The van der Waals surface area contributed by atoms with Gasteiger partial charge in [-0.1, -0.05) is 26.7 Å². The molecule has 2 rings (SSSR count). The number of aliphatic hydroxyl groups excluding tert-OH is 1. The molecule has 0 bridgehead atoms. The van der Waals surface area contributed by atoms with Crippen molar-refractivity contribution in [1.82, 2.24) is 9.78 Å². The van der Waals surface area contributed by atoms with E-state index in [9.17, 15) is 5.11 Å². The number of rotatable bonds is 6. The molecule has 1 N–H and O–H groups in total. The second-order valence-electron chi connectivity index (χ2n) is 5.61. The van der Waals surface area contributed by atoms with Crippen molar-refractivity contribution < 1.29 is 9.84 Å². The zero-order valence-corrected chi connectivity index (χ0v) is 12.3. The number of methoxy groups -OCH3 is 1. The second-order valence-corrected chi connectivity index (χ2v) is 5.61. The molecule has 4 nitrogen and oxygen atoms in total. The average molecular weight is 266 g/mol. The highest BCUT2D eigenvalue weighted by Gasteiger charge is 2.33.